The summed E-state index contributed by atoms with van der Waals surface area (Å²) in [6.07, 6.45) is 6.08. The third kappa shape index (κ3) is 1.58. The number of carbonyl (C=O) groups is 1. The monoisotopic (exact) mass is 226 g/mol. The Bertz CT molecular complexity index is 584. The summed E-state index contributed by atoms with van der Waals surface area (Å²) in [6.45, 7) is 0. The molecule has 0 saturated heterocycles. The van der Waals surface area contributed by atoms with E-state index in [0.717, 1.165) is 24.0 Å². The molecule has 0 fully saturated rings. The van der Waals surface area contributed by atoms with E-state index in [4.69, 9.17) is 0 Å². The van der Waals surface area contributed by atoms with Crippen LogP contribution in [-0.2, 0) is 19.9 Å². The van der Waals surface area contributed by atoms with E-state index in [1.54, 1.807) is 6.33 Å². The number of benzene rings is 1. The Kier molecular flexibility index (Phi) is 2.32. The molecule has 0 aliphatic heterocycles. The molecule has 1 aromatic heterocycles. The van der Waals surface area contributed by atoms with E-state index in [1.807, 2.05) is 11.6 Å². The molecule has 1 aromatic carbocycles. The highest BCUT2D eigenvalue weighted by atomic mass is 16.1. The Morgan fingerprint density at radius 2 is 2.12 bits per heavy atom. The van der Waals surface area contributed by atoms with Crippen molar-refractivity contribution in [3.63, 3.8) is 0 Å². The van der Waals surface area contributed by atoms with Crippen molar-refractivity contribution in [1.29, 1.82) is 0 Å². The van der Waals surface area contributed by atoms with Gasteiger partial charge in [-0.05, 0) is 36.5 Å². The second-order valence-corrected chi connectivity index (χ2v) is 4.54. The predicted octanol–water partition coefficient (Wildman–Crippen LogP) is 2.39. The van der Waals surface area contributed by atoms with Gasteiger partial charge in [0.1, 0.15) is 5.69 Å². The molecule has 1 heterocycles. The minimum Gasteiger partial charge on any atom is -0.333 e. The van der Waals surface area contributed by atoms with Gasteiger partial charge in [0, 0.05) is 12.6 Å². The molecule has 0 atom stereocenters. The lowest BCUT2D eigenvalue weighted by Gasteiger charge is -2.06. The maximum absolute atomic E-state index is 11.0. The van der Waals surface area contributed by atoms with Crippen LogP contribution in [0.4, 0.5) is 0 Å². The van der Waals surface area contributed by atoms with Gasteiger partial charge in [0.25, 0.3) is 0 Å². The number of aryl methyl sites for hydroxylation is 3. The van der Waals surface area contributed by atoms with Crippen LogP contribution < -0.4 is 0 Å². The summed E-state index contributed by atoms with van der Waals surface area (Å²) in [4.78, 5) is 15.1. The Labute approximate surface area is 100 Å². The molecular weight excluding hydrogens is 212 g/mol. The Morgan fingerprint density at radius 3 is 2.94 bits per heavy atom. The quantitative estimate of drug-likeness (QED) is 0.737. The van der Waals surface area contributed by atoms with E-state index in [1.165, 1.54) is 24.0 Å². The fraction of sp³-hybridized carbons (Fsp3) is 0.286. The fourth-order valence-corrected chi connectivity index (χ4v) is 2.61. The maximum Gasteiger partial charge on any atom is 0.170 e. The van der Waals surface area contributed by atoms with Gasteiger partial charge in [-0.3, -0.25) is 4.79 Å². The molecule has 0 saturated carbocycles. The molecule has 0 radical (unpaired) electrons. The first-order valence-corrected chi connectivity index (χ1v) is 5.88. The van der Waals surface area contributed by atoms with Crippen LogP contribution in [0.2, 0.25) is 0 Å². The van der Waals surface area contributed by atoms with Gasteiger partial charge in [0.2, 0.25) is 0 Å². The second kappa shape index (κ2) is 3.84. The number of imidazole rings is 1. The molecular formula is C14H14N2O. The van der Waals surface area contributed by atoms with E-state index in [0.29, 0.717) is 5.69 Å². The Balaban J connectivity index is 2.15. The molecule has 1 aliphatic rings. The van der Waals surface area contributed by atoms with Gasteiger partial charge in [-0.2, -0.15) is 0 Å². The van der Waals surface area contributed by atoms with Crippen molar-refractivity contribution in [3.05, 3.63) is 41.3 Å². The minimum atomic E-state index is 0.519. The van der Waals surface area contributed by atoms with Crippen LogP contribution in [0.25, 0.3) is 11.3 Å². The fourth-order valence-electron chi connectivity index (χ4n) is 2.61. The summed E-state index contributed by atoms with van der Waals surface area (Å²) in [7, 11) is 1.92. The van der Waals surface area contributed by atoms with Crippen molar-refractivity contribution in [2.75, 3.05) is 0 Å². The number of fused-ring (bicyclic) bond motifs is 1. The molecule has 3 heteroatoms. The molecule has 0 bridgehead atoms. The van der Waals surface area contributed by atoms with E-state index >= 15 is 0 Å². The first-order valence-electron chi connectivity index (χ1n) is 5.88. The van der Waals surface area contributed by atoms with Gasteiger partial charge >= 0.3 is 0 Å². The molecule has 0 unspecified atom stereocenters. The summed E-state index contributed by atoms with van der Waals surface area (Å²) < 4.78 is 1.90. The number of carbonyl (C=O) groups excluding carboxylic acids is 1. The standard InChI is InChI=1S/C14H14N2O/c1-16-9-15-13(8-17)14(16)12-6-5-10-3-2-4-11(10)7-12/h5-9H,2-4H2,1H3. The third-order valence-corrected chi connectivity index (χ3v) is 3.45. The van der Waals surface area contributed by atoms with Crippen LogP contribution in [0.3, 0.4) is 0 Å². The molecule has 0 spiro atoms. The van der Waals surface area contributed by atoms with Gasteiger partial charge in [0.15, 0.2) is 6.29 Å². The third-order valence-electron chi connectivity index (χ3n) is 3.45. The van der Waals surface area contributed by atoms with Crippen LogP contribution >= 0.6 is 0 Å². The molecule has 0 N–H and O–H groups in total. The van der Waals surface area contributed by atoms with Crippen molar-refractivity contribution in [1.82, 2.24) is 9.55 Å². The van der Waals surface area contributed by atoms with E-state index in [2.05, 4.69) is 23.2 Å². The molecule has 1 aliphatic carbocycles. The summed E-state index contributed by atoms with van der Waals surface area (Å²) in [5.74, 6) is 0. The number of aromatic nitrogens is 2. The lowest BCUT2D eigenvalue weighted by Crippen LogP contribution is -1.94. The summed E-state index contributed by atoms with van der Waals surface area (Å²) in [5, 5.41) is 0. The average Bonchev–Trinajstić information content (AvgIpc) is 2.93. The van der Waals surface area contributed by atoms with E-state index in [-0.39, 0.29) is 0 Å². The predicted molar refractivity (Wildman–Crippen MR) is 66.1 cm³/mol. The Morgan fingerprint density at radius 1 is 1.29 bits per heavy atom. The SMILES string of the molecule is Cn1cnc(C=O)c1-c1ccc2c(c1)CCC2. The van der Waals surface area contributed by atoms with Crippen molar-refractivity contribution < 1.29 is 4.79 Å². The number of aldehydes is 1. The summed E-state index contributed by atoms with van der Waals surface area (Å²) >= 11 is 0. The molecule has 2 aromatic rings. The summed E-state index contributed by atoms with van der Waals surface area (Å²) in [5.41, 5.74) is 5.39. The zero-order chi connectivity index (χ0) is 11.8. The first kappa shape index (κ1) is 10.3. The Hall–Kier alpha value is -1.90. The van der Waals surface area contributed by atoms with Crippen LogP contribution in [0, 0.1) is 0 Å². The topological polar surface area (TPSA) is 34.9 Å². The van der Waals surface area contributed by atoms with Crippen LogP contribution in [0.5, 0.6) is 0 Å². The largest absolute Gasteiger partial charge is 0.333 e. The van der Waals surface area contributed by atoms with Gasteiger partial charge in [-0.25, -0.2) is 4.98 Å². The zero-order valence-corrected chi connectivity index (χ0v) is 9.81. The van der Waals surface area contributed by atoms with Gasteiger partial charge in [-0.1, -0.05) is 12.1 Å². The van der Waals surface area contributed by atoms with Crippen LogP contribution in [0.1, 0.15) is 28.0 Å². The van der Waals surface area contributed by atoms with E-state index in [9.17, 15) is 4.79 Å². The smallest absolute Gasteiger partial charge is 0.170 e. The number of nitrogens with zero attached hydrogens (tertiary/aromatic N) is 2. The second-order valence-electron chi connectivity index (χ2n) is 4.54. The number of rotatable bonds is 2. The highest BCUT2D eigenvalue weighted by Gasteiger charge is 2.15. The van der Waals surface area contributed by atoms with Crippen LogP contribution in [-0.4, -0.2) is 15.8 Å². The lowest BCUT2D eigenvalue weighted by atomic mass is 10.0. The number of hydrogen-bond acceptors (Lipinski definition) is 2. The number of hydrogen-bond donors (Lipinski definition) is 0. The van der Waals surface area contributed by atoms with Gasteiger partial charge in [0.05, 0.1) is 12.0 Å². The maximum atomic E-state index is 11.0. The zero-order valence-electron chi connectivity index (χ0n) is 9.81. The minimum absolute atomic E-state index is 0.519. The van der Waals surface area contributed by atoms with Gasteiger partial charge in [-0.15, -0.1) is 0 Å². The molecule has 17 heavy (non-hydrogen) atoms. The van der Waals surface area contributed by atoms with Crippen molar-refractivity contribution in [2.24, 2.45) is 7.05 Å². The van der Waals surface area contributed by atoms with Crippen molar-refractivity contribution in [3.8, 4) is 11.3 Å². The van der Waals surface area contributed by atoms with Gasteiger partial charge < -0.3 is 4.57 Å². The molecule has 3 rings (SSSR count). The van der Waals surface area contributed by atoms with Crippen molar-refractivity contribution in [2.45, 2.75) is 19.3 Å². The first-order chi connectivity index (χ1) is 8.29. The highest BCUT2D eigenvalue weighted by molar-refractivity contribution is 5.83. The average molecular weight is 226 g/mol. The molecule has 0 amide bonds. The lowest BCUT2D eigenvalue weighted by molar-refractivity contribution is 0.112. The highest BCUT2D eigenvalue weighted by Crippen LogP contribution is 2.28. The molecule has 3 nitrogen and oxygen atoms in total. The normalized spacial score (nSPS) is 13.7. The van der Waals surface area contributed by atoms with Crippen molar-refractivity contribution >= 4 is 6.29 Å². The molecule has 86 valence electrons. The summed E-state index contributed by atoms with van der Waals surface area (Å²) in [6, 6.07) is 6.47. The van der Waals surface area contributed by atoms with E-state index < -0.39 is 0 Å². The van der Waals surface area contributed by atoms with Crippen LogP contribution in [0.15, 0.2) is 24.5 Å².